The molecule has 1 aromatic carbocycles. The molecule has 106 valence electrons. The molecule has 6 heteroatoms. The van der Waals surface area contributed by atoms with Crippen LogP contribution in [-0.4, -0.2) is 20.2 Å². The molecule has 1 aliphatic rings. The van der Waals surface area contributed by atoms with Gasteiger partial charge >= 0.3 is 0 Å². The number of nitrogen functional groups attached to an aromatic ring is 1. The van der Waals surface area contributed by atoms with Gasteiger partial charge in [0, 0.05) is 11.3 Å². The molecule has 1 unspecified atom stereocenters. The van der Waals surface area contributed by atoms with Gasteiger partial charge in [-0.25, -0.2) is 4.68 Å². The van der Waals surface area contributed by atoms with E-state index in [1.165, 1.54) is 6.42 Å². The van der Waals surface area contributed by atoms with E-state index in [-0.39, 0.29) is 0 Å². The summed E-state index contributed by atoms with van der Waals surface area (Å²) in [6.07, 6.45) is 3.34. The molecule has 0 aliphatic heterocycles. The number of aromatic nitrogens is 4. The molecular weight excluding hydrogens is 274 g/mol. The van der Waals surface area contributed by atoms with Crippen LogP contribution in [0.5, 0.6) is 0 Å². The molecule has 1 saturated carbocycles. The van der Waals surface area contributed by atoms with E-state index in [0.29, 0.717) is 28.0 Å². The Hall–Kier alpha value is -1.62. The molecule has 0 bridgehead atoms. The number of nitrogens with zero attached hydrogens (tertiary/aromatic N) is 4. The molecule has 0 radical (unpaired) electrons. The predicted molar refractivity (Wildman–Crippen MR) is 79.3 cm³/mol. The van der Waals surface area contributed by atoms with E-state index < -0.39 is 0 Å². The summed E-state index contributed by atoms with van der Waals surface area (Å²) in [5.41, 5.74) is 7.64. The lowest BCUT2D eigenvalue weighted by atomic mass is 9.92. The zero-order chi connectivity index (χ0) is 14.3. The summed E-state index contributed by atoms with van der Waals surface area (Å²) in [6.45, 7) is 4.56. The number of hydrogen-bond donors (Lipinski definition) is 1. The lowest BCUT2D eigenvalue weighted by Crippen LogP contribution is -2.12. The van der Waals surface area contributed by atoms with E-state index >= 15 is 0 Å². The van der Waals surface area contributed by atoms with E-state index in [9.17, 15) is 0 Å². The fourth-order valence-corrected chi connectivity index (χ4v) is 3.14. The van der Waals surface area contributed by atoms with Crippen molar-refractivity contribution in [1.82, 2.24) is 20.2 Å². The standard InChI is InChI=1S/C14H18ClN5/c1-14(2)6-5-10(8-14)20-13(17-18-19-20)11-7-9(16)3-4-12(11)15/h3-4,7,10H,5-6,8,16H2,1-2H3. The lowest BCUT2D eigenvalue weighted by molar-refractivity contribution is 0.349. The van der Waals surface area contributed by atoms with Gasteiger partial charge < -0.3 is 5.73 Å². The van der Waals surface area contributed by atoms with Gasteiger partial charge in [0.15, 0.2) is 5.82 Å². The molecule has 5 nitrogen and oxygen atoms in total. The molecular formula is C14H18ClN5. The molecule has 0 spiro atoms. The summed E-state index contributed by atoms with van der Waals surface area (Å²) in [7, 11) is 0. The average Bonchev–Trinajstić information content (AvgIpc) is 2.98. The number of rotatable bonds is 2. The van der Waals surface area contributed by atoms with Gasteiger partial charge in [-0.3, -0.25) is 0 Å². The zero-order valence-electron chi connectivity index (χ0n) is 11.7. The lowest BCUT2D eigenvalue weighted by Gasteiger charge is -2.17. The first kappa shape index (κ1) is 13.4. The summed E-state index contributed by atoms with van der Waals surface area (Å²) < 4.78 is 1.90. The largest absolute Gasteiger partial charge is 0.399 e. The van der Waals surface area contributed by atoms with E-state index in [0.717, 1.165) is 18.4 Å². The van der Waals surface area contributed by atoms with Crippen LogP contribution in [-0.2, 0) is 0 Å². The maximum absolute atomic E-state index is 6.26. The van der Waals surface area contributed by atoms with Gasteiger partial charge in [0.25, 0.3) is 0 Å². The van der Waals surface area contributed by atoms with Crippen molar-refractivity contribution >= 4 is 17.3 Å². The summed E-state index contributed by atoms with van der Waals surface area (Å²) in [5, 5.41) is 12.8. The summed E-state index contributed by atoms with van der Waals surface area (Å²) in [6, 6.07) is 5.71. The third-order valence-corrected chi connectivity index (χ3v) is 4.34. The Labute approximate surface area is 123 Å². The highest BCUT2D eigenvalue weighted by atomic mass is 35.5. The van der Waals surface area contributed by atoms with Crippen LogP contribution in [0.1, 0.15) is 39.2 Å². The van der Waals surface area contributed by atoms with Gasteiger partial charge in [-0.1, -0.05) is 25.4 Å². The van der Waals surface area contributed by atoms with Crippen LogP contribution >= 0.6 is 11.6 Å². The number of anilines is 1. The third kappa shape index (κ3) is 2.38. The van der Waals surface area contributed by atoms with E-state index in [1.807, 2.05) is 10.7 Å². The van der Waals surface area contributed by atoms with E-state index in [4.69, 9.17) is 17.3 Å². The van der Waals surface area contributed by atoms with Crippen molar-refractivity contribution in [2.24, 2.45) is 5.41 Å². The van der Waals surface area contributed by atoms with Crippen molar-refractivity contribution in [3.8, 4) is 11.4 Å². The molecule has 3 rings (SSSR count). The molecule has 1 heterocycles. The van der Waals surface area contributed by atoms with Gasteiger partial charge in [-0.2, -0.15) is 0 Å². The quantitative estimate of drug-likeness (QED) is 0.862. The minimum absolute atomic E-state index is 0.326. The molecule has 1 fully saturated rings. The Morgan fingerprint density at radius 2 is 2.20 bits per heavy atom. The van der Waals surface area contributed by atoms with E-state index in [2.05, 4.69) is 29.4 Å². The number of halogens is 1. The predicted octanol–water partition coefficient (Wildman–Crippen LogP) is 3.33. The minimum Gasteiger partial charge on any atom is -0.399 e. The van der Waals surface area contributed by atoms with Crippen LogP contribution in [0.3, 0.4) is 0 Å². The molecule has 0 saturated heterocycles. The number of nitrogens with two attached hydrogens (primary N) is 1. The monoisotopic (exact) mass is 291 g/mol. The fraction of sp³-hybridized carbons (Fsp3) is 0.500. The minimum atomic E-state index is 0.326. The first-order chi connectivity index (χ1) is 9.46. The fourth-order valence-electron chi connectivity index (χ4n) is 2.94. The Kier molecular flexibility index (Phi) is 3.17. The molecule has 1 aliphatic carbocycles. The molecule has 1 atom stereocenters. The molecule has 0 amide bonds. The van der Waals surface area contributed by atoms with Crippen molar-refractivity contribution in [2.75, 3.05) is 5.73 Å². The zero-order valence-corrected chi connectivity index (χ0v) is 12.4. The number of benzene rings is 1. The van der Waals surface area contributed by atoms with Crippen LogP contribution in [0.15, 0.2) is 18.2 Å². The first-order valence-electron chi connectivity index (χ1n) is 6.79. The smallest absolute Gasteiger partial charge is 0.183 e. The van der Waals surface area contributed by atoms with Crippen molar-refractivity contribution in [3.05, 3.63) is 23.2 Å². The highest BCUT2D eigenvalue weighted by molar-refractivity contribution is 6.33. The van der Waals surface area contributed by atoms with Crippen molar-refractivity contribution in [3.63, 3.8) is 0 Å². The Morgan fingerprint density at radius 3 is 2.90 bits per heavy atom. The first-order valence-corrected chi connectivity index (χ1v) is 7.17. The van der Waals surface area contributed by atoms with Crippen molar-refractivity contribution in [1.29, 1.82) is 0 Å². The summed E-state index contributed by atoms with van der Waals surface area (Å²) >= 11 is 6.26. The second kappa shape index (κ2) is 4.74. The second-order valence-electron chi connectivity index (χ2n) is 6.25. The molecule has 2 N–H and O–H groups in total. The topological polar surface area (TPSA) is 69.6 Å². The highest BCUT2D eigenvalue weighted by Gasteiger charge is 2.34. The van der Waals surface area contributed by atoms with E-state index in [1.54, 1.807) is 12.1 Å². The van der Waals surface area contributed by atoms with Gasteiger partial charge in [0.05, 0.1) is 11.1 Å². The maximum Gasteiger partial charge on any atom is 0.183 e. The normalized spacial score (nSPS) is 21.2. The molecule has 20 heavy (non-hydrogen) atoms. The Morgan fingerprint density at radius 1 is 1.40 bits per heavy atom. The van der Waals surface area contributed by atoms with Crippen LogP contribution in [0.2, 0.25) is 5.02 Å². The van der Waals surface area contributed by atoms with Crippen LogP contribution < -0.4 is 5.73 Å². The average molecular weight is 292 g/mol. The molecule has 1 aromatic heterocycles. The van der Waals surface area contributed by atoms with Crippen LogP contribution in [0.25, 0.3) is 11.4 Å². The van der Waals surface area contributed by atoms with Gasteiger partial charge in [0.2, 0.25) is 0 Å². The number of hydrogen-bond acceptors (Lipinski definition) is 4. The van der Waals surface area contributed by atoms with Crippen LogP contribution in [0, 0.1) is 5.41 Å². The highest BCUT2D eigenvalue weighted by Crippen LogP contribution is 2.44. The molecule has 2 aromatic rings. The van der Waals surface area contributed by atoms with Crippen molar-refractivity contribution < 1.29 is 0 Å². The Bertz CT molecular complexity index is 634. The van der Waals surface area contributed by atoms with Gasteiger partial charge in [-0.05, 0) is 53.3 Å². The van der Waals surface area contributed by atoms with Gasteiger partial charge in [-0.15, -0.1) is 5.10 Å². The second-order valence-corrected chi connectivity index (χ2v) is 6.65. The van der Waals surface area contributed by atoms with Crippen LogP contribution in [0.4, 0.5) is 5.69 Å². The Balaban J connectivity index is 2.01. The number of tetrazole rings is 1. The summed E-state index contributed by atoms with van der Waals surface area (Å²) in [5.74, 6) is 0.699. The van der Waals surface area contributed by atoms with Gasteiger partial charge in [0.1, 0.15) is 0 Å². The third-order valence-electron chi connectivity index (χ3n) is 4.01. The summed E-state index contributed by atoms with van der Waals surface area (Å²) in [4.78, 5) is 0. The van der Waals surface area contributed by atoms with Crippen molar-refractivity contribution in [2.45, 2.75) is 39.2 Å². The SMILES string of the molecule is CC1(C)CCC(n2nnnc2-c2cc(N)ccc2Cl)C1. The maximum atomic E-state index is 6.26.